The summed E-state index contributed by atoms with van der Waals surface area (Å²) in [5.41, 5.74) is 11.3. The number of azide groups is 1. The number of nitrogens with zero attached hydrogens (tertiary/aromatic N) is 6. The van der Waals surface area contributed by atoms with E-state index in [1.165, 1.54) is 4.57 Å². The summed E-state index contributed by atoms with van der Waals surface area (Å²) >= 11 is 0. The van der Waals surface area contributed by atoms with Crippen molar-refractivity contribution in [3.63, 3.8) is 0 Å². The van der Waals surface area contributed by atoms with Crippen molar-refractivity contribution in [1.29, 1.82) is 0 Å². The Balaban J connectivity index is 2.93. The van der Waals surface area contributed by atoms with Crippen molar-refractivity contribution in [3.05, 3.63) is 33.1 Å². The molecule has 0 bridgehead atoms. The van der Waals surface area contributed by atoms with Crippen molar-refractivity contribution >= 4 is 22.4 Å². The van der Waals surface area contributed by atoms with Gasteiger partial charge in [-0.2, -0.15) is 0 Å². The Kier molecular flexibility index (Phi) is 2.76. The normalized spacial score (nSPS) is 10.4. The summed E-state index contributed by atoms with van der Waals surface area (Å²) < 4.78 is 3.10. The molecule has 0 radical (unpaired) electrons. The zero-order valence-corrected chi connectivity index (χ0v) is 10.7. The summed E-state index contributed by atoms with van der Waals surface area (Å²) in [5.74, 6) is 0. The fourth-order valence-electron chi connectivity index (χ4n) is 2.01. The maximum atomic E-state index is 11.8. The van der Waals surface area contributed by atoms with E-state index in [9.17, 15) is 4.79 Å². The first-order chi connectivity index (χ1) is 8.47. The smallest absolute Gasteiger partial charge is 0.328 e. The van der Waals surface area contributed by atoms with Crippen molar-refractivity contribution < 1.29 is 0 Å². The maximum Gasteiger partial charge on any atom is 0.328 e. The zero-order valence-electron chi connectivity index (χ0n) is 10.7. The molecule has 0 aliphatic carbocycles. The Bertz CT molecular complexity index is 717. The van der Waals surface area contributed by atoms with Crippen LogP contribution in [0.15, 0.2) is 22.0 Å². The quantitative estimate of drug-likeness (QED) is 0.460. The van der Waals surface area contributed by atoms with E-state index >= 15 is 0 Å². The van der Waals surface area contributed by atoms with Gasteiger partial charge in [-0.25, -0.2) is 4.79 Å². The average molecular weight is 246 g/mol. The molecule has 0 fully saturated rings. The maximum absolute atomic E-state index is 11.8. The van der Waals surface area contributed by atoms with Gasteiger partial charge in [-0.05, 0) is 17.7 Å². The third-order valence-corrected chi connectivity index (χ3v) is 3.00. The molecule has 2 rings (SSSR count). The number of aromatic nitrogens is 2. The largest absolute Gasteiger partial charge is 0.377 e. The lowest BCUT2D eigenvalue weighted by Crippen LogP contribution is -2.19. The van der Waals surface area contributed by atoms with Crippen LogP contribution in [-0.4, -0.2) is 23.2 Å². The summed E-state index contributed by atoms with van der Waals surface area (Å²) in [4.78, 5) is 16.5. The van der Waals surface area contributed by atoms with Crippen molar-refractivity contribution in [2.24, 2.45) is 19.2 Å². The van der Waals surface area contributed by atoms with Crippen LogP contribution in [0.2, 0.25) is 0 Å². The second-order valence-electron chi connectivity index (χ2n) is 4.31. The van der Waals surface area contributed by atoms with E-state index in [1.807, 2.05) is 25.1 Å². The van der Waals surface area contributed by atoms with Gasteiger partial charge in [0, 0.05) is 38.8 Å². The third kappa shape index (κ3) is 1.61. The van der Waals surface area contributed by atoms with Gasteiger partial charge in [0.05, 0.1) is 16.7 Å². The lowest BCUT2D eigenvalue weighted by Gasteiger charge is -2.15. The molecular weight excluding hydrogens is 232 g/mol. The van der Waals surface area contributed by atoms with Crippen LogP contribution >= 0.6 is 0 Å². The van der Waals surface area contributed by atoms with E-state index in [2.05, 4.69) is 10.0 Å². The summed E-state index contributed by atoms with van der Waals surface area (Å²) in [6.45, 7) is 0. The number of hydrogen-bond acceptors (Lipinski definition) is 3. The number of imidazole rings is 1. The van der Waals surface area contributed by atoms with E-state index in [1.54, 1.807) is 24.7 Å². The van der Waals surface area contributed by atoms with Gasteiger partial charge in [0.15, 0.2) is 0 Å². The molecule has 0 spiro atoms. The predicted molar refractivity (Wildman–Crippen MR) is 71.3 cm³/mol. The lowest BCUT2D eigenvalue weighted by atomic mass is 10.2. The third-order valence-electron chi connectivity index (χ3n) is 3.00. The molecule has 1 aromatic heterocycles. The number of fused-ring (bicyclic) bond motifs is 1. The molecule has 1 heterocycles. The molecule has 7 nitrogen and oxygen atoms in total. The molecule has 0 atom stereocenters. The highest BCUT2D eigenvalue weighted by atomic mass is 16.1. The number of anilines is 1. The molecule has 0 saturated carbocycles. The molecular formula is C11H14N6O. The Morgan fingerprint density at radius 3 is 2.28 bits per heavy atom. The fourth-order valence-corrected chi connectivity index (χ4v) is 2.01. The van der Waals surface area contributed by atoms with Crippen LogP contribution < -0.4 is 10.6 Å². The van der Waals surface area contributed by atoms with Gasteiger partial charge >= 0.3 is 5.69 Å². The van der Waals surface area contributed by atoms with Crippen LogP contribution in [0.3, 0.4) is 0 Å². The molecule has 0 aliphatic rings. The van der Waals surface area contributed by atoms with E-state index < -0.39 is 0 Å². The van der Waals surface area contributed by atoms with Crippen LogP contribution in [-0.2, 0) is 14.1 Å². The molecule has 18 heavy (non-hydrogen) atoms. The van der Waals surface area contributed by atoms with Gasteiger partial charge in [0.2, 0.25) is 0 Å². The van der Waals surface area contributed by atoms with E-state index in [0.29, 0.717) is 5.69 Å². The highest BCUT2D eigenvalue weighted by Crippen LogP contribution is 2.32. The minimum Gasteiger partial charge on any atom is -0.377 e. The zero-order chi connectivity index (χ0) is 13.4. The summed E-state index contributed by atoms with van der Waals surface area (Å²) in [6.07, 6.45) is 0. The highest BCUT2D eigenvalue weighted by molar-refractivity contribution is 5.87. The van der Waals surface area contributed by atoms with Crippen molar-refractivity contribution in [2.75, 3.05) is 19.0 Å². The van der Waals surface area contributed by atoms with Crippen molar-refractivity contribution in [2.45, 2.75) is 0 Å². The molecule has 0 aliphatic heterocycles. The van der Waals surface area contributed by atoms with Crippen LogP contribution in [0.5, 0.6) is 0 Å². The first-order valence-corrected chi connectivity index (χ1v) is 5.39. The Hall–Kier alpha value is -2.40. The van der Waals surface area contributed by atoms with Crippen LogP contribution in [0, 0.1) is 0 Å². The number of aryl methyl sites for hydroxylation is 2. The van der Waals surface area contributed by atoms with Gasteiger partial charge in [-0.15, -0.1) is 0 Å². The van der Waals surface area contributed by atoms with Gasteiger partial charge in [0.25, 0.3) is 0 Å². The average Bonchev–Trinajstić information content (AvgIpc) is 2.54. The van der Waals surface area contributed by atoms with Gasteiger partial charge < -0.3 is 4.90 Å². The fraction of sp³-hybridized carbons (Fsp3) is 0.364. The summed E-state index contributed by atoms with van der Waals surface area (Å²) in [7, 11) is 7.13. The standard InChI is InChI=1S/C11H14N6O/c1-15(2)8-6-10-9(5-7(8)13-14-12)16(3)11(18)17(10)4/h5-6H,1-4H3. The molecule has 1 aromatic carbocycles. The first kappa shape index (κ1) is 12.1. The van der Waals surface area contributed by atoms with Gasteiger partial charge in [-0.1, -0.05) is 5.11 Å². The molecule has 2 aromatic rings. The van der Waals surface area contributed by atoms with Crippen molar-refractivity contribution in [1.82, 2.24) is 9.13 Å². The Morgan fingerprint density at radius 2 is 1.78 bits per heavy atom. The molecule has 0 N–H and O–H groups in total. The summed E-state index contributed by atoms with van der Waals surface area (Å²) in [6, 6.07) is 3.58. The van der Waals surface area contributed by atoms with E-state index in [4.69, 9.17) is 5.53 Å². The number of benzene rings is 1. The lowest BCUT2D eigenvalue weighted by molar-refractivity contribution is 0.795. The van der Waals surface area contributed by atoms with E-state index in [0.717, 1.165) is 16.7 Å². The van der Waals surface area contributed by atoms with Crippen LogP contribution in [0.25, 0.3) is 21.5 Å². The monoisotopic (exact) mass is 246 g/mol. The Labute approximate surface area is 103 Å². The van der Waals surface area contributed by atoms with Gasteiger partial charge in [-0.3, -0.25) is 9.13 Å². The summed E-state index contributed by atoms with van der Waals surface area (Å²) in [5, 5.41) is 3.67. The Morgan fingerprint density at radius 1 is 1.22 bits per heavy atom. The molecule has 0 amide bonds. The SMILES string of the molecule is CN(C)c1cc2c(cc1N=[N+]=[N-])n(C)c(=O)n2C. The first-order valence-electron chi connectivity index (χ1n) is 5.39. The topological polar surface area (TPSA) is 78.9 Å². The van der Waals surface area contributed by atoms with Crippen LogP contribution in [0.4, 0.5) is 11.4 Å². The minimum absolute atomic E-state index is 0.104. The molecule has 0 saturated heterocycles. The molecule has 7 heteroatoms. The van der Waals surface area contributed by atoms with Gasteiger partial charge in [0.1, 0.15) is 0 Å². The van der Waals surface area contributed by atoms with Crippen LogP contribution in [0.1, 0.15) is 0 Å². The predicted octanol–water partition coefficient (Wildman–Crippen LogP) is 1.88. The highest BCUT2D eigenvalue weighted by Gasteiger charge is 2.12. The minimum atomic E-state index is -0.104. The van der Waals surface area contributed by atoms with E-state index in [-0.39, 0.29) is 5.69 Å². The second-order valence-corrected chi connectivity index (χ2v) is 4.31. The second kappa shape index (κ2) is 4.12. The number of rotatable bonds is 2. The number of hydrogen-bond donors (Lipinski definition) is 0. The molecule has 94 valence electrons. The molecule has 0 unspecified atom stereocenters. The van der Waals surface area contributed by atoms with Crippen molar-refractivity contribution in [3.8, 4) is 0 Å².